The van der Waals surface area contributed by atoms with Gasteiger partial charge >= 0.3 is 5.97 Å². The maximum atomic E-state index is 11.5. The third-order valence-corrected chi connectivity index (χ3v) is 2.80. The Hall–Kier alpha value is -1.88. The molecule has 1 aromatic carbocycles. The maximum Gasteiger partial charge on any atom is 0.326 e. The van der Waals surface area contributed by atoms with E-state index in [1.165, 1.54) is 0 Å². The maximum absolute atomic E-state index is 11.5. The van der Waals surface area contributed by atoms with Crippen molar-refractivity contribution >= 4 is 11.9 Å². The molecular weight excluding hydrogens is 244 g/mol. The molecule has 0 aliphatic heterocycles. The number of aliphatic carboxylic acids is 1. The van der Waals surface area contributed by atoms with Crippen LogP contribution in [0, 0.1) is 0 Å². The predicted octanol–water partition coefficient (Wildman–Crippen LogP) is 0.798. The van der Waals surface area contributed by atoms with Crippen LogP contribution in [0.1, 0.15) is 18.4 Å². The normalized spacial score (nSPS) is 11.8. The number of amides is 1. The molecule has 0 aromatic heterocycles. The SMILES string of the molecule is CNCCC(=O)N[C@@H](CCc1ccccc1)C(=O)O. The zero-order valence-electron chi connectivity index (χ0n) is 11.1. The van der Waals surface area contributed by atoms with E-state index in [4.69, 9.17) is 5.11 Å². The standard InChI is InChI=1S/C14H20N2O3/c1-15-10-9-13(17)16-12(14(18)19)8-7-11-5-3-2-4-6-11/h2-6,12,15H,7-10H2,1H3,(H,16,17)(H,18,19)/t12-/m0/s1. The topological polar surface area (TPSA) is 78.4 Å². The summed E-state index contributed by atoms with van der Waals surface area (Å²) >= 11 is 0. The number of carboxylic acid groups (broad SMARTS) is 1. The molecule has 1 rings (SSSR count). The van der Waals surface area contributed by atoms with Crippen LogP contribution in [0.4, 0.5) is 0 Å². The summed E-state index contributed by atoms with van der Waals surface area (Å²) in [5.74, 6) is -1.23. The number of hydrogen-bond donors (Lipinski definition) is 3. The van der Waals surface area contributed by atoms with Gasteiger partial charge in [0.1, 0.15) is 6.04 Å². The average molecular weight is 264 g/mol. The van der Waals surface area contributed by atoms with Gasteiger partial charge in [-0.25, -0.2) is 4.79 Å². The van der Waals surface area contributed by atoms with E-state index in [0.717, 1.165) is 5.56 Å². The van der Waals surface area contributed by atoms with E-state index in [1.54, 1.807) is 7.05 Å². The molecular formula is C14H20N2O3. The molecule has 0 aliphatic carbocycles. The minimum Gasteiger partial charge on any atom is -0.480 e. The van der Waals surface area contributed by atoms with Crippen LogP contribution in [0.2, 0.25) is 0 Å². The summed E-state index contributed by atoms with van der Waals surface area (Å²) in [5.41, 5.74) is 1.07. The quantitative estimate of drug-likeness (QED) is 0.649. The summed E-state index contributed by atoms with van der Waals surface area (Å²) in [6, 6.07) is 8.80. The van der Waals surface area contributed by atoms with Crippen LogP contribution in [-0.2, 0) is 16.0 Å². The van der Waals surface area contributed by atoms with Crippen LogP contribution in [0.25, 0.3) is 0 Å². The minimum absolute atomic E-state index is 0.241. The van der Waals surface area contributed by atoms with Gasteiger partial charge in [0.15, 0.2) is 0 Å². The number of nitrogens with one attached hydrogen (secondary N) is 2. The van der Waals surface area contributed by atoms with Crippen molar-refractivity contribution in [1.29, 1.82) is 0 Å². The molecule has 0 aliphatic rings. The van der Waals surface area contributed by atoms with Crippen molar-refractivity contribution in [3.63, 3.8) is 0 Å². The van der Waals surface area contributed by atoms with Crippen LogP contribution in [-0.4, -0.2) is 36.6 Å². The van der Waals surface area contributed by atoms with E-state index in [2.05, 4.69) is 10.6 Å². The van der Waals surface area contributed by atoms with Gasteiger partial charge < -0.3 is 15.7 Å². The Morgan fingerprint density at radius 1 is 1.26 bits per heavy atom. The molecule has 1 amide bonds. The Labute approximate surface area is 113 Å². The van der Waals surface area contributed by atoms with Crippen LogP contribution in [0.15, 0.2) is 30.3 Å². The highest BCUT2D eigenvalue weighted by atomic mass is 16.4. The van der Waals surface area contributed by atoms with Gasteiger partial charge in [-0.15, -0.1) is 0 Å². The molecule has 5 nitrogen and oxygen atoms in total. The molecule has 0 spiro atoms. The first-order valence-electron chi connectivity index (χ1n) is 6.34. The summed E-state index contributed by atoms with van der Waals surface area (Å²) in [7, 11) is 1.75. The number of carbonyl (C=O) groups excluding carboxylic acids is 1. The Kier molecular flexibility index (Phi) is 6.60. The summed E-state index contributed by atoms with van der Waals surface area (Å²) in [6.45, 7) is 0.539. The van der Waals surface area contributed by atoms with Crippen molar-refractivity contribution in [2.75, 3.05) is 13.6 Å². The summed E-state index contributed by atoms with van der Waals surface area (Å²) in [4.78, 5) is 22.6. The van der Waals surface area contributed by atoms with Gasteiger partial charge in [-0.05, 0) is 25.5 Å². The smallest absolute Gasteiger partial charge is 0.326 e. The van der Waals surface area contributed by atoms with Crippen molar-refractivity contribution in [3.8, 4) is 0 Å². The number of rotatable bonds is 8. The number of carboxylic acids is 1. The van der Waals surface area contributed by atoms with Crippen molar-refractivity contribution in [2.24, 2.45) is 0 Å². The Balaban J connectivity index is 2.45. The lowest BCUT2D eigenvalue weighted by Gasteiger charge is -2.14. The van der Waals surface area contributed by atoms with Gasteiger partial charge in [0.05, 0.1) is 0 Å². The number of carbonyl (C=O) groups is 2. The largest absolute Gasteiger partial charge is 0.480 e. The molecule has 5 heteroatoms. The van der Waals surface area contributed by atoms with Crippen molar-refractivity contribution in [3.05, 3.63) is 35.9 Å². The van der Waals surface area contributed by atoms with E-state index in [-0.39, 0.29) is 12.3 Å². The number of benzene rings is 1. The molecule has 0 radical (unpaired) electrons. The van der Waals surface area contributed by atoms with E-state index in [9.17, 15) is 9.59 Å². The Morgan fingerprint density at radius 2 is 1.95 bits per heavy atom. The lowest BCUT2D eigenvalue weighted by molar-refractivity contribution is -0.142. The second-order valence-electron chi connectivity index (χ2n) is 4.34. The van der Waals surface area contributed by atoms with Crippen LogP contribution >= 0.6 is 0 Å². The van der Waals surface area contributed by atoms with Crippen LogP contribution < -0.4 is 10.6 Å². The number of aryl methyl sites for hydroxylation is 1. The number of hydrogen-bond acceptors (Lipinski definition) is 3. The zero-order valence-corrected chi connectivity index (χ0v) is 11.1. The lowest BCUT2D eigenvalue weighted by Crippen LogP contribution is -2.41. The first-order chi connectivity index (χ1) is 9.13. The fraction of sp³-hybridized carbons (Fsp3) is 0.429. The van der Waals surface area contributed by atoms with E-state index in [1.807, 2.05) is 30.3 Å². The first-order valence-corrected chi connectivity index (χ1v) is 6.34. The molecule has 3 N–H and O–H groups in total. The highest BCUT2D eigenvalue weighted by Gasteiger charge is 2.19. The van der Waals surface area contributed by atoms with Gasteiger partial charge in [-0.3, -0.25) is 4.79 Å². The van der Waals surface area contributed by atoms with Crippen molar-refractivity contribution in [1.82, 2.24) is 10.6 Å². The second kappa shape index (κ2) is 8.26. The summed E-state index contributed by atoms with van der Waals surface area (Å²) in [6.07, 6.45) is 1.31. The molecule has 0 fully saturated rings. The third-order valence-electron chi connectivity index (χ3n) is 2.80. The monoisotopic (exact) mass is 264 g/mol. The fourth-order valence-electron chi connectivity index (χ4n) is 1.72. The van der Waals surface area contributed by atoms with Gasteiger partial charge in [-0.1, -0.05) is 30.3 Å². The molecule has 1 atom stereocenters. The molecule has 0 heterocycles. The summed E-state index contributed by atoms with van der Waals surface area (Å²) < 4.78 is 0. The highest BCUT2D eigenvalue weighted by molar-refractivity contribution is 5.83. The zero-order chi connectivity index (χ0) is 14.1. The third kappa shape index (κ3) is 6.01. The molecule has 0 bridgehead atoms. The molecule has 104 valence electrons. The fourth-order valence-corrected chi connectivity index (χ4v) is 1.72. The van der Waals surface area contributed by atoms with Gasteiger partial charge in [0.25, 0.3) is 0 Å². The van der Waals surface area contributed by atoms with E-state index < -0.39 is 12.0 Å². The van der Waals surface area contributed by atoms with Gasteiger partial charge in [0.2, 0.25) is 5.91 Å². The van der Waals surface area contributed by atoms with E-state index in [0.29, 0.717) is 19.4 Å². The highest BCUT2D eigenvalue weighted by Crippen LogP contribution is 2.05. The molecule has 19 heavy (non-hydrogen) atoms. The summed E-state index contributed by atoms with van der Waals surface area (Å²) in [5, 5.41) is 14.5. The van der Waals surface area contributed by atoms with E-state index >= 15 is 0 Å². The second-order valence-corrected chi connectivity index (χ2v) is 4.34. The average Bonchev–Trinajstić information content (AvgIpc) is 2.42. The molecule has 0 unspecified atom stereocenters. The van der Waals surface area contributed by atoms with Gasteiger partial charge in [-0.2, -0.15) is 0 Å². The van der Waals surface area contributed by atoms with Crippen LogP contribution in [0.3, 0.4) is 0 Å². The molecule has 1 aromatic rings. The molecule has 0 saturated carbocycles. The van der Waals surface area contributed by atoms with Crippen molar-refractivity contribution in [2.45, 2.75) is 25.3 Å². The Bertz CT molecular complexity index is 406. The molecule has 0 saturated heterocycles. The minimum atomic E-state index is -0.992. The predicted molar refractivity (Wildman–Crippen MR) is 72.9 cm³/mol. The first kappa shape index (κ1) is 15.2. The lowest BCUT2D eigenvalue weighted by atomic mass is 10.1. The Morgan fingerprint density at radius 3 is 2.53 bits per heavy atom. The van der Waals surface area contributed by atoms with Crippen molar-refractivity contribution < 1.29 is 14.7 Å². The van der Waals surface area contributed by atoms with Crippen LogP contribution in [0.5, 0.6) is 0 Å². The van der Waals surface area contributed by atoms with Gasteiger partial charge in [0, 0.05) is 13.0 Å².